The lowest BCUT2D eigenvalue weighted by Crippen LogP contribution is -2.47. The zero-order valence-electron chi connectivity index (χ0n) is 14.3. The number of fused-ring (bicyclic) bond motifs is 2. The van der Waals surface area contributed by atoms with Gasteiger partial charge < -0.3 is 14.7 Å². The van der Waals surface area contributed by atoms with E-state index < -0.39 is 0 Å². The predicted molar refractivity (Wildman–Crippen MR) is 98.3 cm³/mol. The third-order valence-corrected chi connectivity index (χ3v) is 5.54. The van der Waals surface area contributed by atoms with Crippen molar-refractivity contribution in [3.05, 3.63) is 42.1 Å². The summed E-state index contributed by atoms with van der Waals surface area (Å²) in [4.78, 5) is 19.6. The second kappa shape index (κ2) is 5.96. The standard InChI is InChI=1S/C18H23N3OS/c1-12(22)21-15-8-6-13(19(2)3)10-17(15)23-18-11-14(20(4)5)7-9-16(18)21/h6-11,15,17H,1-5H3. The molecule has 5 heteroatoms. The van der Waals surface area contributed by atoms with Crippen LogP contribution in [0.2, 0.25) is 0 Å². The van der Waals surface area contributed by atoms with Gasteiger partial charge >= 0.3 is 0 Å². The Labute approximate surface area is 142 Å². The van der Waals surface area contributed by atoms with Crippen LogP contribution in [0, 0.1) is 0 Å². The Morgan fingerprint density at radius 1 is 1.17 bits per heavy atom. The molecule has 2 aliphatic rings. The summed E-state index contributed by atoms with van der Waals surface area (Å²) in [6.45, 7) is 1.65. The fourth-order valence-corrected chi connectivity index (χ4v) is 4.35. The van der Waals surface area contributed by atoms with Gasteiger partial charge in [-0.05, 0) is 30.4 Å². The third kappa shape index (κ3) is 2.85. The molecule has 0 saturated heterocycles. The van der Waals surface area contributed by atoms with Gasteiger partial charge in [0, 0.05) is 51.4 Å². The molecule has 1 aromatic rings. The Balaban J connectivity index is 2.06. The van der Waals surface area contributed by atoms with Crippen LogP contribution in [0.1, 0.15) is 6.92 Å². The smallest absolute Gasteiger partial charge is 0.224 e. The van der Waals surface area contributed by atoms with Crippen molar-refractivity contribution in [2.24, 2.45) is 0 Å². The van der Waals surface area contributed by atoms with Crippen LogP contribution in [0.25, 0.3) is 0 Å². The van der Waals surface area contributed by atoms with E-state index >= 15 is 0 Å². The van der Waals surface area contributed by atoms with E-state index in [2.05, 4.69) is 46.2 Å². The Morgan fingerprint density at radius 3 is 2.52 bits per heavy atom. The van der Waals surface area contributed by atoms with Crippen molar-refractivity contribution in [2.45, 2.75) is 23.1 Å². The molecule has 1 aliphatic heterocycles. The van der Waals surface area contributed by atoms with Crippen LogP contribution in [-0.2, 0) is 4.79 Å². The molecule has 1 aromatic carbocycles. The monoisotopic (exact) mass is 329 g/mol. The van der Waals surface area contributed by atoms with Crippen molar-refractivity contribution < 1.29 is 4.79 Å². The SMILES string of the molecule is CC(=O)N1c2ccc(N(C)C)cc2SC2C=C(N(C)C)C=CC21. The molecule has 1 aliphatic carbocycles. The number of likely N-dealkylation sites (N-methyl/N-ethyl adjacent to an activating group) is 1. The molecule has 0 aromatic heterocycles. The molecule has 4 nitrogen and oxygen atoms in total. The molecular weight excluding hydrogens is 306 g/mol. The average Bonchev–Trinajstić information content (AvgIpc) is 2.50. The Bertz CT molecular complexity index is 694. The Kier molecular flexibility index (Phi) is 4.15. The predicted octanol–water partition coefficient (Wildman–Crippen LogP) is 2.96. The Morgan fingerprint density at radius 2 is 1.91 bits per heavy atom. The van der Waals surface area contributed by atoms with Gasteiger partial charge in [0.05, 0.1) is 17.0 Å². The third-order valence-electron chi connectivity index (χ3n) is 4.27. The molecule has 0 N–H and O–H groups in total. The van der Waals surface area contributed by atoms with Crippen molar-refractivity contribution in [1.29, 1.82) is 0 Å². The van der Waals surface area contributed by atoms with Crippen molar-refractivity contribution in [2.75, 3.05) is 38.0 Å². The number of anilines is 2. The highest BCUT2D eigenvalue weighted by Crippen LogP contribution is 2.45. The normalized spacial score (nSPS) is 22.1. The molecule has 0 saturated carbocycles. The summed E-state index contributed by atoms with van der Waals surface area (Å²) >= 11 is 1.84. The van der Waals surface area contributed by atoms with Gasteiger partial charge in [-0.2, -0.15) is 0 Å². The molecule has 0 spiro atoms. The maximum Gasteiger partial charge on any atom is 0.224 e. The summed E-state index contributed by atoms with van der Waals surface area (Å²) < 4.78 is 0. The van der Waals surface area contributed by atoms with E-state index in [1.165, 1.54) is 5.70 Å². The number of nitrogens with zero attached hydrogens (tertiary/aromatic N) is 3. The second-order valence-corrected chi connectivity index (χ2v) is 7.57. The lowest BCUT2D eigenvalue weighted by molar-refractivity contribution is -0.116. The topological polar surface area (TPSA) is 26.8 Å². The van der Waals surface area contributed by atoms with Gasteiger partial charge in [-0.25, -0.2) is 0 Å². The number of thioether (sulfide) groups is 1. The zero-order chi connectivity index (χ0) is 16.7. The summed E-state index contributed by atoms with van der Waals surface area (Å²) in [5, 5.41) is 0.242. The number of amides is 1. The van der Waals surface area contributed by atoms with E-state index in [-0.39, 0.29) is 17.2 Å². The number of rotatable bonds is 2. The molecule has 122 valence electrons. The minimum absolute atomic E-state index is 0.0823. The van der Waals surface area contributed by atoms with E-state index in [4.69, 9.17) is 0 Å². The molecule has 3 rings (SSSR count). The van der Waals surface area contributed by atoms with Crippen LogP contribution >= 0.6 is 11.8 Å². The lowest BCUT2D eigenvalue weighted by Gasteiger charge is -2.41. The number of carbonyl (C=O) groups excluding carboxylic acids is 1. The minimum atomic E-state index is 0.0823. The highest BCUT2D eigenvalue weighted by Gasteiger charge is 2.36. The number of hydrogen-bond donors (Lipinski definition) is 0. The van der Waals surface area contributed by atoms with Gasteiger partial charge in [-0.3, -0.25) is 4.79 Å². The van der Waals surface area contributed by atoms with Gasteiger partial charge in [0.2, 0.25) is 5.91 Å². The first-order valence-electron chi connectivity index (χ1n) is 7.73. The van der Waals surface area contributed by atoms with Crippen LogP contribution in [0.4, 0.5) is 11.4 Å². The first-order chi connectivity index (χ1) is 10.9. The number of allylic oxidation sites excluding steroid dienone is 1. The molecular formula is C18H23N3OS. The van der Waals surface area contributed by atoms with Crippen molar-refractivity contribution in [3.63, 3.8) is 0 Å². The lowest BCUT2D eigenvalue weighted by atomic mass is 10.0. The van der Waals surface area contributed by atoms with Crippen molar-refractivity contribution >= 4 is 29.0 Å². The number of carbonyl (C=O) groups is 1. The minimum Gasteiger partial charge on any atom is -0.378 e. The first kappa shape index (κ1) is 16.0. The van der Waals surface area contributed by atoms with Gasteiger partial charge in [-0.1, -0.05) is 6.08 Å². The largest absolute Gasteiger partial charge is 0.378 e. The van der Waals surface area contributed by atoms with Crippen molar-refractivity contribution in [1.82, 2.24) is 4.90 Å². The molecule has 2 atom stereocenters. The molecule has 0 bridgehead atoms. The fourth-order valence-electron chi connectivity index (χ4n) is 3.03. The fraction of sp³-hybridized carbons (Fsp3) is 0.389. The van der Waals surface area contributed by atoms with Gasteiger partial charge in [0.15, 0.2) is 0 Å². The van der Waals surface area contributed by atoms with Crippen LogP contribution < -0.4 is 9.80 Å². The van der Waals surface area contributed by atoms with Crippen LogP contribution in [0.3, 0.4) is 0 Å². The summed E-state index contributed by atoms with van der Waals surface area (Å²) in [7, 11) is 8.16. The van der Waals surface area contributed by atoms with Crippen LogP contribution in [-0.4, -0.2) is 50.3 Å². The van der Waals surface area contributed by atoms with E-state index in [1.807, 2.05) is 44.9 Å². The molecule has 23 heavy (non-hydrogen) atoms. The quantitative estimate of drug-likeness (QED) is 0.833. The first-order valence-corrected chi connectivity index (χ1v) is 8.61. The Hall–Kier alpha value is -1.88. The molecule has 0 fully saturated rings. The number of hydrogen-bond acceptors (Lipinski definition) is 4. The average molecular weight is 329 g/mol. The summed E-state index contributed by atoms with van der Waals surface area (Å²) in [5.41, 5.74) is 3.36. The van der Waals surface area contributed by atoms with Gasteiger partial charge in [0.25, 0.3) is 0 Å². The van der Waals surface area contributed by atoms with E-state index in [0.717, 1.165) is 16.3 Å². The highest BCUT2D eigenvalue weighted by atomic mass is 32.2. The molecule has 1 amide bonds. The maximum atomic E-state index is 12.3. The van der Waals surface area contributed by atoms with Gasteiger partial charge in [0.1, 0.15) is 0 Å². The molecule has 0 radical (unpaired) electrons. The zero-order valence-corrected chi connectivity index (χ0v) is 15.1. The molecule has 1 heterocycles. The maximum absolute atomic E-state index is 12.3. The van der Waals surface area contributed by atoms with E-state index in [0.29, 0.717) is 0 Å². The van der Waals surface area contributed by atoms with E-state index in [9.17, 15) is 4.79 Å². The van der Waals surface area contributed by atoms with Crippen LogP contribution in [0.15, 0.2) is 47.0 Å². The highest BCUT2D eigenvalue weighted by molar-refractivity contribution is 8.00. The van der Waals surface area contributed by atoms with E-state index in [1.54, 1.807) is 6.92 Å². The number of benzene rings is 1. The van der Waals surface area contributed by atoms with Gasteiger partial charge in [-0.15, -0.1) is 11.8 Å². The second-order valence-electron chi connectivity index (χ2n) is 6.35. The summed E-state index contributed by atoms with van der Waals surface area (Å²) in [6.07, 6.45) is 6.52. The summed E-state index contributed by atoms with van der Waals surface area (Å²) in [5.74, 6) is 0.0884. The van der Waals surface area contributed by atoms with Crippen molar-refractivity contribution in [3.8, 4) is 0 Å². The molecule has 2 unspecified atom stereocenters. The van der Waals surface area contributed by atoms with Crippen LogP contribution in [0.5, 0.6) is 0 Å². The summed E-state index contributed by atoms with van der Waals surface area (Å²) in [6, 6.07) is 6.39.